The lowest BCUT2D eigenvalue weighted by atomic mass is 10.2. The minimum absolute atomic E-state index is 0.234. The zero-order valence-corrected chi connectivity index (χ0v) is 19.0. The number of benzene rings is 2. The first kappa shape index (κ1) is 22.9. The average Bonchev–Trinajstić information content (AvgIpc) is 3.06. The molecule has 1 aliphatic heterocycles. The number of carbonyl (C=O) groups excluding carboxylic acids is 2. The summed E-state index contributed by atoms with van der Waals surface area (Å²) < 4.78 is 11.5. The summed E-state index contributed by atoms with van der Waals surface area (Å²) in [7, 11) is 0. The number of carbonyl (C=O) groups is 2. The van der Waals surface area contributed by atoms with Gasteiger partial charge >= 0.3 is 0 Å². The Morgan fingerprint density at radius 1 is 1.16 bits per heavy atom. The molecule has 3 rings (SSSR count). The lowest BCUT2D eigenvalue weighted by Gasteiger charge is -2.14. The lowest BCUT2D eigenvalue weighted by Crippen LogP contribution is -2.20. The van der Waals surface area contributed by atoms with Gasteiger partial charge in [0.05, 0.1) is 18.1 Å². The predicted octanol–water partition coefficient (Wildman–Crippen LogP) is 5.17. The van der Waals surface area contributed by atoms with E-state index in [9.17, 15) is 9.59 Å². The summed E-state index contributed by atoms with van der Waals surface area (Å²) in [5.41, 5.74) is 1.17. The van der Waals surface area contributed by atoms with Gasteiger partial charge in [0, 0.05) is 10.6 Å². The number of amidine groups is 1. The van der Waals surface area contributed by atoms with Crippen LogP contribution in [0.2, 0.25) is 5.02 Å². The largest absolute Gasteiger partial charge is 0.490 e. The van der Waals surface area contributed by atoms with Crippen molar-refractivity contribution in [2.75, 3.05) is 13.2 Å². The summed E-state index contributed by atoms with van der Waals surface area (Å²) in [5, 5.41) is 3.39. The summed E-state index contributed by atoms with van der Waals surface area (Å²) in [5.74, 6) is 0.907. The van der Waals surface area contributed by atoms with Crippen LogP contribution in [0.1, 0.15) is 36.7 Å². The van der Waals surface area contributed by atoms with Crippen LogP contribution < -0.4 is 14.8 Å². The molecule has 31 heavy (non-hydrogen) atoms. The molecule has 162 valence electrons. The first-order chi connectivity index (χ1) is 14.9. The van der Waals surface area contributed by atoms with Gasteiger partial charge in [-0.15, -0.1) is 0 Å². The van der Waals surface area contributed by atoms with E-state index < -0.39 is 5.91 Å². The van der Waals surface area contributed by atoms with Crippen molar-refractivity contribution in [1.82, 2.24) is 5.32 Å². The number of hydrogen-bond donors (Lipinski definition) is 1. The Hall–Kier alpha value is -2.77. The third-order valence-electron chi connectivity index (χ3n) is 4.08. The highest BCUT2D eigenvalue weighted by molar-refractivity contribution is 8.18. The smallest absolute Gasteiger partial charge is 0.279 e. The molecule has 0 spiro atoms. The van der Waals surface area contributed by atoms with Crippen molar-refractivity contribution in [3.63, 3.8) is 0 Å². The Kier molecular flexibility index (Phi) is 7.76. The molecule has 8 heteroatoms. The fourth-order valence-electron chi connectivity index (χ4n) is 2.64. The molecule has 0 aliphatic carbocycles. The van der Waals surface area contributed by atoms with E-state index in [2.05, 4.69) is 24.2 Å². The zero-order chi connectivity index (χ0) is 22.4. The Labute approximate surface area is 190 Å². The second-order valence-corrected chi connectivity index (χ2v) is 8.60. The monoisotopic (exact) mass is 458 g/mol. The van der Waals surface area contributed by atoms with Crippen molar-refractivity contribution in [2.24, 2.45) is 10.9 Å². The highest BCUT2D eigenvalue weighted by Crippen LogP contribution is 2.32. The number of amides is 2. The minimum atomic E-state index is -0.453. The predicted molar refractivity (Wildman–Crippen MR) is 125 cm³/mol. The van der Waals surface area contributed by atoms with E-state index in [1.807, 2.05) is 25.1 Å². The van der Waals surface area contributed by atoms with Crippen LogP contribution in [0, 0.1) is 5.92 Å². The van der Waals surface area contributed by atoms with Gasteiger partial charge in [-0.1, -0.05) is 31.5 Å². The van der Waals surface area contributed by atoms with E-state index in [1.165, 1.54) is 0 Å². The number of nitrogens with one attached hydrogen (secondary N) is 1. The molecule has 1 heterocycles. The zero-order valence-electron chi connectivity index (χ0n) is 17.5. The molecular formula is C23H23ClN2O4S. The fourth-order valence-corrected chi connectivity index (χ4v) is 3.58. The number of aliphatic imine (C=N–C) groups is 1. The van der Waals surface area contributed by atoms with Crippen molar-refractivity contribution in [1.29, 1.82) is 0 Å². The van der Waals surface area contributed by atoms with Crippen molar-refractivity contribution in [2.45, 2.75) is 20.8 Å². The van der Waals surface area contributed by atoms with E-state index in [1.54, 1.807) is 30.3 Å². The minimum Gasteiger partial charge on any atom is -0.490 e. The first-order valence-corrected chi connectivity index (χ1v) is 11.0. The van der Waals surface area contributed by atoms with Gasteiger partial charge in [0.25, 0.3) is 11.8 Å². The fraction of sp³-hybridized carbons (Fsp3) is 0.261. The second kappa shape index (κ2) is 10.5. The molecule has 1 saturated heterocycles. The Bertz CT molecular complexity index is 1030. The maximum absolute atomic E-state index is 12.3. The van der Waals surface area contributed by atoms with E-state index in [-0.39, 0.29) is 11.1 Å². The molecule has 0 saturated carbocycles. The van der Waals surface area contributed by atoms with Crippen molar-refractivity contribution < 1.29 is 19.1 Å². The van der Waals surface area contributed by atoms with Crippen LogP contribution in [0.15, 0.2) is 52.4 Å². The van der Waals surface area contributed by atoms with Gasteiger partial charge in [-0.3, -0.25) is 9.59 Å². The third-order valence-corrected chi connectivity index (χ3v) is 5.24. The van der Waals surface area contributed by atoms with Crippen LogP contribution in [-0.4, -0.2) is 30.2 Å². The molecule has 0 atom stereocenters. The van der Waals surface area contributed by atoms with Gasteiger partial charge in [-0.05, 0) is 72.6 Å². The number of hydrogen-bond acceptors (Lipinski definition) is 5. The standard InChI is InChI=1S/C23H23ClN2O4S/c1-4-29-19-11-15(5-10-18(19)30-13-14(2)3)12-20-22(28)26-23(31-20)25-21(27)16-6-8-17(24)9-7-16/h5-12,14H,4,13H2,1-3H3,(H,25,26,27,28)/b20-12-. The van der Waals surface area contributed by atoms with Crippen molar-refractivity contribution >= 4 is 46.4 Å². The maximum Gasteiger partial charge on any atom is 0.279 e. The van der Waals surface area contributed by atoms with Crippen LogP contribution in [0.25, 0.3) is 6.08 Å². The van der Waals surface area contributed by atoms with E-state index in [4.69, 9.17) is 21.1 Å². The van der Waals surface area contributed by atoms with E-state index in [0.717, 1.165) is 17.3 Å². The van der Waals surface area contributed by atoms with Crippen molar-refractivity contribution in [3.05, 3.63) is 63.5 Å². The Morgan fingerprint density at radius 2 is 1.90 bits per heavy atom. The molecule has 1 N–H and O–H groups in total. The Morgan fingerprint density at radius 3 is 2.58 bits per heavy atom. The third kappa shape index (κ3) is 6.35. The SMILES string of the molecule is CCOc1cc(/C=C2\SC(=NC(=O)c3ccc(Cl)cc3)NC2=O)ccc1OCC(C)C. The molecule has 2 amide bonds. The average molecular weight is 459 g/mol. The van der Waals surface area contributed by atoms with Crippen LogP contribution in [-0.2, 0) is 4.79 Å². The first-order valence-electron chi connectivity index (χ1n) is 9.85. The van der Waals surface area contributed by atoms with Gasteiger partial charge < -0.3 is 14.8 Å². The van der Waals surface area contributed by atoms with Crippen LogP contribution in [0.3, 0.4) is 0 Å². The van der Waals surface area contributed by atoms with Gasteiger partial charge in [0.1, 0.15) is 0 Å². The van der Waals surface area contributed by atoms with E-state index in [0.29, 0.717) is 46.1 Å². The van der Waals surface area contributed by atoms with Crippen molar-refractivity contribution in [3.8, 4) is 11.5 Å². The molecular weight excluding hydrogens is 436 g/mol. The van der Waals surface area contributed by atoms with E-state index >= 15 is 0 Å². The summed E-state index contributed by atoms with van der Waals surface area (Å²) >= 11 is 6.95. The number of halogens is 1. The van der Waals surface area contributed by atoms with Gasteiger partial charge in [0.15, 0.2) is 16.7 Å². The summed E-state index contributed by atoms with van der Waals surface area (Å²) in [4.78, 5) is 29.1. The lowest BCUT2D eigenvalue weighted by molar-refractivity contribution is -0.115. The van der Waals surface area contributed by atoms with Gasteiger partial charge in [0.2, 0.25) is 0 Å². The summed E-state index contributed by atoms with van der Waals surface area (Å²) in [6.07, 6.45) is 1.73. The number of nitrogens with zero attached hydrogens (tertiary/aromatic N) is 1. The number of ether oxygens (including phenoxy) is 2. The molecule has 0 aromatic heterocycles. The topological polar surface area (TPSA) is 77.0 Å². The molecule has 1 aliphatic rings. The van der Waals surface area contributed by atoms with Gasteiger partial charge in [-0.2, -0.15) is 4.99 Å². The Balaban J connectivity index is 1.77. The highest BCUT2D eigenvalue weighted by Gasteiger charge is 2.25. The maximum atomic E-state index is 12.3. The molecule has 6 nitrogen and oxygen atoms in total. The van der Waals surface area contributed by atoms with Crippen LogP contribution >= 0.6 is 23.4 Å². The second-order valence-electron chi connectivity index (χ2n) is 7.14. The van der Waals surface area contributed by atoms with Crippen LogP contribution in [0.5, 0.6) is 11.5 Å². The summed E-state index contributed by atoms with van der Waals surface area (Å²) in [6, 6.07) is 11.9. The quantitative estimate of drug-likeness (QED) is 0.579. The van der Waals surface area contributed by atoms with Gasteiger partial charge in [-0.25, -0.2) is 0 Å². The molecule has 2 aromatic rings. The van der Waals surface area contributed by atoms with Crippen LogP contribution in [0.4, 0.5) is 0 Å². The normalized spacial score (nSPS) is 16.1. The molecule has 0 bridgehead atoms. The molecule has 0 unspecified atom stereocenters. The highest BCUT2D eigenvalue weighted by atomic mass is 35.5. The molecule has 2 aromatic carbocycles. The summed E-state index contributed by atoms with van der Waals surface area (Å²) in [6.45, 7) is 7.13. The molecule has 0 radical (unpaired) electrons. The molecule has 1 fully saturated rings. The number of thioether (sulfide) groups is 1. The number of rotatable bonds is 7.